The van der Waals surface area contributed by atoms with E-state index in [0.717, 1.165) is 23.8 Å². The van der Waals surface area contributed by atoms with Crippen molar-refractivity contribution in [1.29, 1.82) is 0 Å². The molecule has 0 aliphatic heterocycles. The van der Waals surface area contributed by atoms with Crippen molar-refractivity contribution in [2.24, 2.45) is 17.8 Å². The molecule has 0 radical (unpaired) electrons. The number of rotatable bonds is 6. The first-order valence-corrected chi connectivity index (χ1v) is 7.42. The molecule has 0 bridgehead atoms. The zero-order valence-electron chi connectivity index (χ0n) is 11.8. The van der Waals surface area contributed by atoms with Gasteiger partial charge in [0.15, 0.2) is 0 Å². The second kappa shape index (κ2) is 7.32. The predicted octanol–water partition coefficient (Wildman–Crippen LogP) is 4.23. The molecule has 1 rings (SSSR count). The van der Waals surface area contributed by atoms with E-state index in [9.17, 15) is 0 Å². The van der Waals surface area contributed by atoms with Crippen molar-refractivity contribution < 1.29 is 0 Å². The molecular formula is C15H31N. The summed E-state index contributed by atoms with van der Waals surface area (Å²) in [5.74, 6) is 2.81. The van der Waals surface area contributed by atoms with Gasteiger partial charge in [0.25, 0.3) is 0 Å². The largest absolute Gasteiger partial charge is 0.314 e. The van der Waals surface area contributed by atoms with Gasteiger partial charge >= 0.3 is 0 Å². The van der Waals surface area contributed by atoms with Crippen LogP contribution in [-0.4, -0.2) is 12.6 Å². The quantitative estimate of drug-likeness (QED) is 0.713. The summed E-state index contributed by atoms with van der Waals surface area (Å²) < 4.78 is 0. The molecule has 0 saturated heterocycles. The van der Waals surface area contributed by atoms with Crippen LogP contribution in [0.15, 0.2) is 0 Å². The molecule has 1 N–H and O–H groups in total. The van der Waals surface area contributed by atoms with Gasteiger partial charge in [0.2, 0.25) is 0 Å². The van der Waals surface area contributed by atoms with Crippen LogP contribution in [0.1, 0.15) is 66.2 Å². The standard InChI is InChI=1S/C15H31N/c1-5-10-16-15(6-2)14-9-7-8-13(11-14)12(3)4/h12-16H,5-11H2,1-4H3. The van der Waals surface area contributed by atoms with E-state index >= 15 is 0 Å². The molecule has 1 aliphatic carbocycles. The summed E-state index contributed by atoms with van der Waals surface area (Å²) in [5, 5.41) is 3.75. The monoisotopic (exact) mass is 225 g/mol. The van der Waals surface area contributed by atoms with E-state index in [1.54, 1.807) is 0 Å². The van der Waals surface area contributed by atoms with Crippen LogP contribution in [0.25, 0.3) is 0 Å². The zero-order valence-corrected chi connectivity index (χ0v) is 11.8. The number of nitrogens with one attached hydrogen (secondary N) is 1. The number of hydrogen-bond acceptors (Lipinski definition) is 1. The average Bonchev–Trinajstić information content (AvgIpc) is 2.30. The maximum Gasteiger partial charge on any atom is 0.00928 e. The van der Waals surface area contributed by atoms with E-state index in [1.165, 1.54) is 45.1 Å². The molecule has 3 atom stereocenters. The Hall–Kier alpha value is -0.0400. The summed E-state index contributed by atoms with van der Waals surface area (Å²) in [5.41, 5.74) is 0. The first-order chi connectivity index (χ1) is 7.69. The van der Waals surface area contributed by atoms with Gasteiger partial charge in [-0.2, -0.15) is 0 Å². The molecule has 3 unspecified atom stereocenters. The molecule has 0 aromatic carbocycles. The zero-order chi connectivity index (χ0) is 12.0. The second-order valence-corrected chi connectivity index (χ2v) is 5.90. The van der Waals surface area contributed by atoms with Crippen molar-refractivity contribution in [1.82, 2.24) is 5.32 Å². The Labute approximate surface area is 102 Å². The fraction of sp³-hybridized carbons (Fsp3) is 1.00. The van der Waals surface area contributed by atoms with E-state index in [4.69, 9.17) is 0 Å². The van der Waals surface area contributed by atoms with Crippen LogP contribution in [-0.2, 0) is 0 Å². The summed E-state index contributed by atoms with van der Waals surface area (Å²) in [7, 11) is 0. The maximum atomic E-state index is 3.75. The second-order valence-electron chi connectivity index (χ2n) is 5.90. The van der Waals surface area contributed by atoms with Crippen molar-refractivity contribution in [3.05, 3.63) is 0 Å². The van der Waals surface area contributed by atoms with Gasteiger partial charge < -0.3 is 5.32 Å². The predicted molar refractivity (Wildman–Crippen MR) is 72.7 cm³/mol. The Kier molecular flexibility index (Phi) is 6.41. The lowest BCUT2D eigenvalue weighted by Gasteiger charge is -2.36. The molecule has 1 heteroatoms. The van der Waals surface area contributed by atoms with Crippen molar-refractivity contribution in [3.8, 4) is 0 Å². The molecule has 0 heterocycles. The third kappa shape index (κ3) is 4.08. The first-order valence-electron chi connectivity index (χ1n) is 7.42. The van der Waals surface area contributed by atoms with Gasteiger partial charge in [0.05, 0.1) is 0 Å². The minimum absolute atomic E-state index is 0.779. The van der Waals surface area contributed by atoms with E-state index in [1.807, 2.05) is 0 Å². The topological polar surface area (TPSA) is 12.0 Å². The van der Waals surface area contributed by atoms with Crippen molar-refractivity contribution in [2.75, 3.05) is 6.54 Å². The third-order valence-corrected chi connectivity index (χ3v) is 4.36. The molecule has 1 aliphatic rings. The summed E-state index contributed by atoms with van der Waals surface area (Å²) in [4.78, 5) is 0. The Morgan fingerprint density at radius 1 is 1.12 bits per heavy atom. The molecule has 1 nitrogen and oxygen atoms in total. The van der Waals surface area contributed by atoms with Gasteiger partial charge in [-0.15, -0.1) is 0 Å². The van der Waals surface area contributed by atoms with Gasteiger partial charge in [-0.1, -0.05) is 40.5 Å². The number of hydrogen-bond donors (Lipinski definition) is 1. The molecule has 1 fully saturated rings. The fourth-order valence-corrected chi connectivity index (χ4v) is 3.21. The lowest BCUT2D eigenvalue weighted by Crippen LogP contribution is -2.39. The molecule has 0 spiro atoms. The lowest BCUT2D eigenvalue weighted by atomic mass is 9.73. The third-order valence-electron chi connectivity index (χ3n) is 4.36. The highest BCUT2D eigenvalue weighted by Crippen LogP contribution is 2.35. The molecular weight excluding hydrogens is 194 g/mol. The molecule has 1 saturated carbocycles. The van der Waals surface area contributed by atoms with Gasteiger partial charge in [0.1, 0.15) is 0 Å². The van der Waals surface area contributed by atoms with Crippen LogP contribution in [0.4, 0.5) is 0 Å². The van der Waals surface area contributed by atoms with E-state index in [2.05, 4.69) is 33.0 Å². The Bertz CT molecular complexity index is 176. The van der Waals surface area contributed by atoms with Gasteiger partial charge in [-0.05, 0) is 50.0 Å². The molecule has 0 amide bonds. The lowest BCUT2D eigenvalue weighted by molar-refractivity contribution is 0.175. The molecule has 0 aromatic heterocycles. The smallest absolute Gasteiger partial charge is 0.00928 e. The SMILES string of the molecule is CCCNC(CC)C1CCCC(C(C)C)C1. The highest BCUT2D eigenvalue weighted by atomic mass is 14.9. The van der Waals surface area contributed by atoms with E-state index in [-0.39, 0.29) is 0 Å². The van der Waals surface area contributed by atoms with Crippen LogP contribution < -0.4 is 5.32 Å². The summed E-state index contributed by atoms with van der Waals surface area (Å²) in [6.07, 6.45) is 8.41. The Balaban J connectivity index is 2.43. The Morgan fingerprint density at radius 3 is 2.38 bits per heavy atom. The van der Waals surface area contributed by atoms with Crippen LogP contribution in [0, 0.1) is 17.8 Å². The average molecular weight is 225 g/mol. The van der Waals surface area contributed by atoms with Gasteiger partial charge in [0, 0.05) is 6.04 Å². The molecule has 16 heavy (non-hydrogen) atoms. The molecule has 96 valence electrons. The van der Waals surface area contributed by atoms with Crippen molar-refractivity contribution >= 4 is 0 Å². The van der Waals surface area contributed by atoms with E-state index < -0.39 is 0 Å². The molecule has 0 aromatic rings. The van der Waals surface area contributed by atoms with Crippen molar-refractivity contribution in [3.63, 3.8) is 0 Å². The van der Waals surface area contributed by atoms with Gasteiger partial charge in [-0.3, -0.25) is 0 Å². The van der Waals surface area contributed by atoms with Gasteiger partial charge in [-0.25, -0.2) is 0 Å². The fourth-order valence-electron chi connectivity index (χ4n) is 3.21. The van der Waals surface area contributed by atoms with E-state index in [0.29, 0.717) is 0 Å². The van der Waals surface area contributed by atoms with Crippen LogP contribution in [0.2, 0.25) is 0 Å². The highest BCUT2D eigenvalue weighted by Gasteiger charge is 2.28. The first kappa shape index (κ1) is 14.0. The summed E-state index contributed by atoms with van der Waals surface area (Å²) in [6, 6.07) is 0.779. The maximum absolute atomic E-state index is 3.75. The van der Waals surface area contributed by atoms with Crippen molar-refractivity contribution in [2.45, 2.75) is 72.3 Å². The minimum Gasteiger partial charge on any atom is -0.314 e. The Morgan fingerprint density at radius 2 is 1.81 bits per heavy atom. The van der Waals surface area contributed by atoms with Crippen LogP contribution in [0.5, 0.6) is 0 Å². The van der Waals surface area contributed by atoms with Crippen LogP contribution >= 0.6 is 0 Å². The minimum atomic E-state index is 0.779. The highest BCUT2D eigenvalue weighted by molar-refractivity contribution is 4.82. The summed E-state index contributed by atoms with van der Waals surface area (Å²) in [6.45, 7) is 10.6. The normalized spacial score (nSPS) is 28.3. The summed E-state index contributed by atoms with van der Waals surface area (Å²) >= 11 is 0. The van der Waals surface area contributed by atoms with Crippen LogP contribution in [0.3, 0.4) is 0 Å².